The van der Waals surface area contributed by atoms with Gasteiger partial charge in [-0.05, 0) is 35.6 Å². The van der Waals surface area contributed by atoms with Crippen LogP contribution in [0.4, 0.5) is 5.69 Å². The molecule has 2 unspecified atom stereocenters. The van der Waals surface area contributed by atoms with Crippen LogP contribution in [0.25, 0.3) is 0 Å². The molecule has 0 spiro atoms. The lowest BCUT2D eigenvalue weighted by Crippen LogP contribution is -2.22. The van der Waals surface area contributed by atoms with Crippen molar-refractivity contribution in [2.24, 2.45) is 5.73 Å². The van der Waals surface area contributed by atoms with Crippen molar-refractivity contribution in [3.05, 3.63) is 65.2 Å². The lowest BCUT2D eigenvalue weighted by Gasteiger charge is -2.19. The first-order valence-corrected chi connectivity index (χ1v) is 7.43. The zero-order chi connectivity index (χ0) is 13.8. The Morgan fingerprint density at radius 3 is 2.65 bits per heavy atom. The number of rotatable bonds is 3. The zero-order valence-corrected chi connectivity index (χ0v) is 11.8. The number of hydrogen-bond donors (Lipinski definition) is 2. The van der Waals surface area contributed by atoms with Gasteiger partial charge in [-0.3, -0.25) is 0 Å². The smallest absolute Gasteiger partial charge is 0.0732 e. The summed E-state index contributed by atoms with van der Waals surface area (Å²) in [6.45, 7) is 2.92. The van der Waals surface area contributed by atoms with Gasteiger partial charge in [-0.25, -0.2) is 0 Å². The van der Waals surface area contributed by atoms with Crippen LogP contribution in [0, 0.1) is 0 Å². The second kappa shape index (κ2) is 3.86. The summed E-state index contributed by atoms with van der Waals surface area (Å²) < 4.78 is 0. The standard InChI is InChI=1S/C18H20N2/c1-2-17-12-18(17,14-6-4-3-5-7-14)20-16-9-8-13(11-19)10-15(16)17/h3-10,20H,2,11-12,19H2,1H3. The molecule has 2 aromatic carbocycles. The van der Waals surface area contributed by atoms with Gasteiger partial charge in [0, 0.05) is 17.6 Å². The Labute approximate surface area is 120 Å². The molecule has 20 heavy (non-hydrogen) atoms. The van der Waals surface area contributed by atoms with E-state index in [0.717, 1.165) is 6.42 Å². The Kier molecular flexibility index (Phi) is 2.31. The van der Waals surface area contributed by atoms with Gasteiger partial charge in [0.2, 0.25) is 0 Å². The highest BCUT2D eigenvalue weighted by Crippen LogP contribution is 2.72. The van der Waals surface area contributed by atoms with Crippen LogP contribution in [-0.4, -0.2) is 0 Å². The van der Waals surface area contributed by atoms with E-state index in [1.807, 2.05) is 0 Å². The molecule has 2 aliphatic rings. The lowest BCUT2D eigenvalue weighted by atomic mass is 9.87. The third-order valence-corrected chi connectivity index (χ3v) is 5.31. The Morgan fingerprint density at radius 1 is 1.15 bits per heavy atom. The molecule has 102 valence electrons. The van der Waals surface area contributed by atoms with Crippen molar-refractivity contribution in [1.82, 2.24) is 0 Å². The minimum atomic E-state index is 0.110. The van der Waals surface area contributed by atoms with Crippen LogP contribution in [0.5, 0.6) is 0 Å². The second-order valence-corrected chi connectivity index (χ2v) is 6.09. The van der Waals surface area contributed by atoms with Crippen LogP contribution < -0.4 is 11.1 Å². The highest BCUT2D eigenvalue weighted by molar-refractivity contribution is 5.73. The molecule has 1 heterocycles. The van der Waals surface area contributed by atoms with Crippen molar-refractivity contribution in [2.75, 3.05) is 5.32 Å². The monoisotopic (exact) mass is 264 g/mol. The van der Waals surface area contributed by atoms with E-state index in [1.165, 1.54) is 28.8 Å². The first-order valence-electron chi connectivity index (χ1n) is 7.43. The van der Waals surface area contributed by atoms with Crippen molar-refractivity contribution >= 4 is 5.69 Å². The quantitative estimate of drug-likeness (QED) is 0.890. The molecule has 0 bridgehead atoms. The molecule has 1 fully saturated rings. The molecule has 0 saturated heterocycles. The molecular weight excluding hydrogens is 244 g/mol. The van der Waals surface area contributed by atoms with Crippen LogP contribution in [0.15, 0.2) is 48.5 Å². The average Bonchev–Trinajstić information content (AvgIpc) is 3.11. The van der Waals surface area contributed by atoms with Gasteiger partial charge >= 0.3 is 0 Å². The predicted octanol–water partition coefficient (Wildman–Crippen LogP) is 3.52. The largest absolute Gasteiger partial charge is 0.374 e. The van der Waals surface area contributed by atoms with Gasteiger partial charge in [0.25, 0.3) is 0 Å². The summed E-state index contributed by atoms with van der Waals surface area (Å²) >= 11 is 0. The fourth-order valence-corrected chi connectivity index (χ4v) is 4.14. The number of fused-ring (bicyclic) bond motifs is 3. The van der Waals surface area contributed by atoms with Gasteiger partial charge in [-0.1, -0.05) is 49.4 Å². The van der Waals surface area contributed by atoms with Crippen molar-refractivity contribution in [2.45, 2.75) is 37.3 Å². The van der Waals surface area contributed by atoms with E-state index in [2.05, 4.69) is 60.8 Å². The Balaban J connectivity index is 1.86. The molecule has 1 aliphatic heterocycles. The predicted molar refractivity (Wildman–Crippen MR) is 82.7 cm³/mol. The van der Waals surface area contributed by atoms with E-state index in [9.17, 15) is 0 Å². The normalized spacial score (nSPS) is 29.5. The number of hydrogen-bond acceptors (Lipinski definition) is 2. The van der Waals surface area contributed by atoms with Gasteiger partial charge < -0.3 is 11.1 Å². The number of benzene rings is 2. The van der Waals surface area contributed by atoms with Crippen molar-refractivity contribution in [1.29, 1.82) is 0 Å². The maximum Gasteiger partial charge on any atom is 0.0732 e. The van der Waals surface area contributed by atoms with Gasteiger partial charge in [0.15, 0.2) is 0 Å². The maximum atomic E-state index is 5.81. The molecule has 0 amide bonds. The summed E-state index contributed by atoms with van der Waals surface area (Å²) in [5.74, 6) is 0. The number of nitrogens with one attached hydrogen (secondary N) is 1. The van der Waals surface area contributed by atoms with E-state index < -0.39 is 0 Å². The Bertz CT molecular complexity index is 664. The molecule has 2 aromatic rings. The molecule has 4 rings (SSSR count). The third-order valence-electron chi connectivity index (χ3n) is 5.31. The van der Waals surface area contributed by atoms with E-state index in [4.69, 9.17) is 5.73 Å². The topological polar surface area (TPSA) is 38.0 Å². The fraction of sp³-hybridized carbons (Fsp3) is 0.333. The second-order valence-electron chi connectivity index (χ2n) is 6.09. The molecule has 3 N–H and O–H groups in total. The molecule has 2 atom stereocenters. The molecule has 1 aliphatic carbocycles. The lowest BCUT2D eigenvalue weighted by molar-refractivity contribution is 0.592. The number of nitrogens with two attached hydrogens (primary N) is 1. The molecule has 2 heteroatoms. The first-order chi connectivity index (χ1) is 9.76. The summed E-state index contributed by atoms with van der Waals surface area (Å²) in [5, 5.41) is 3.80. The van der Waals surface area contributed by atoms with Crippen LogP contribution >= 0.6 is 0 Å². The Hall–Kier alpha value is -1.80. The van der Waals surface area contributed by atoms with Gasteiger partial charge in [0.05, 0.1) is 5.54 Å². The first kappa shape index (κ1) is 12.0. The van der Waals surface area contributed by atoms with E-state index in [0.29, 0.717) is 6.54 Å². The summed E-state index contributed by atoms with van der Waals surface area (Å²) in [6, 6.07) is 17.5. The van der Waals surface area contributed by atoms with Crippen molar-refractivity contribution in [3.63, 3.8) is 0 Å². The SMILES string of the molecule is CCC12CC1(c1ccccc1)Nc1ccc(CN)cc12. The minimum absolute atomic E-state index is 0.110. The zero-order valence-electron chi connectivity index (χ0n) is 11.8. The van der Waals surface area contributed by atoms with Crippen LogP contribution in [0.1, 0.15) is 36.5 Å². The maximum absolute atomic E-state index is 5.81. The van der Waals surface area contributed by atoms with Gasteiger partial charge in [-0.2, -0.15) is 0 Å². The van der Waals surface area contributed by atoms with Crippen molar-refractivity contribution in [3.8, 4) is 0 Å². The molecule has 0 radical (unpaired) electrons. The molecule has 1 saturated carbocycles. The molecule has 0 aromatic heterocycles. The summed E-state index contributed by atoms with van der Waals surface area (Å²) in [7, 11) is 0. The minimum Gasteiger partial charge on any atom is -0.374 e. The van der Waals surface area contributed by atoms with Crippen LogP contribution in [-0.2, 0) is 17.5 Å². The van der Waals surface area contributed by atoms with Crippen molar-refractivity contribution < 1.29 is 0 Å². The summed E-state index contributed by atoms with van der Waals surface area (Å²) in [5.41, 5.74) is 11.6. The summed E-state index contributed by atoms with van der Waals surface area (Å²) in [4.78, 5) is 0. The van der Waals surface area contributed by atoms with E-state index >= 15 is 0 Å². The Morgan fingerprint density at radius 2 is 1.95 bits per heavy atom. The number of anilines is 1. The van der Waals surface area contributed by atoms with Gasteiger partial charge in [-0.15, -0.1) is 0 Å². The third kappa shape index (κ3) is 1.27. The highest BCUT2D eigenvalue weighted by Gasteiger charge is 2.72. The highest BCUT2D eigenvalue weighted by atomic mass is 15.1. The van der Waals surface area contributed by atoms with E-state index in [1.54, 1.807) is 0 Å². The van der Waals surface area contributed by atoms with Crippen LogP contribution in [0.2, 0.25) is 0 Å². The fourth-order valence-electron chi connectivity index (χ4n) is 4.14. The van der Waals surface area contributed by atoms with Gasteiger partial charge in [0.1, 0.15) is 0 Å². The molecular formula is C18H20N2. The van der Waals surface area contributed by atoms with Crippen LogP contribution in [0.3, 0.4) is 0 Å². The summed E-state index contributed by atoms with van der Waals surface area (Å²) in [6.07, 6.45) is 2.36. The van der Waals surface area contributed by atoms with E-state index in [-0.39, 0.29) is 11.0 Å². The average molecular weight is 264 g/mol. The molecule has 2 nitrogen and oxygen atoms in total.